The fourth-order valence-electron chi connectivity index (χ4n) is 2.26. The van der Waals surface area contributed by atoms with Gasteiger partial charge in [-0.1, -0.05) is 61.9 Å². The van der Waals surface area contributed by atoms with Gasteiger partial charge in [0.05, 0.1) is 0 Å². The van der Waals surface area contributed by atoms with Gasteiger partial charge >= 0.3 is 0 Å². The summed E-state index contributed by atoms with van der Waals surface area (Å²) in [5.74, 6) is 0.525. The lowest BCUT2D eigenvalue weighted by Gasteiger charge is -2.27. The van der Waals surface area contributed by atoms with E-state index in [9.17, 15) is 0 Å². The average molecular weight is 285 g/mol. The second kappa shape index (κ2) is 6.96. The first-order valence-electron chi connectivity index (χ1n) is 7.12. The van der Waals surface area contributed by atoms with E-state index in [-0.39, 0.29) is 6.04 Å². The zero-order chi connectivity index (χ0) is 14.5. The van der Waals surface area contributed by atoms with Crippen molar-refractivity contribution < 1.29 is 0 Å². The monoisotopic (exact) mass is 285 g/mol. The summed E-state index contributed by atoms with van der Waals surface area (Å²) in [4.78, 5) is 1.29. The van der Waals surface area contributed by atoms with Crippen molar-refractivity contribution in [3.63, 3.8) is 0 Å². The van der Waals surface area contributed by atoms with Crippen LogP contribution in [0.1, 0.15) is 31.0 Å². The van der Waals surface area contributed by atoms with Crippen LogP contribution in [-0.4, -0.2) is 5.25 Å². The highest BCUT2D eigenvalue weighted by molar-refractivity contribution is 8.00. The molecule has 1 nitrogen and oxygen atoms in total. The van der Waals surface area contributed by atoms with Crippen LogP contribution in [0.5, 0.6) is 0 Å². The van der Waals surface area contributed by atoms with Crippen LogP contribution in [0.3, 0.4) is 0 Å². The Hall–Kier alpha value is -1.25. The Morgan fingerprint density at radius 2 is 1.50 bits per heavy atom. The Morgan fingerprint density at radius 1 is 0.900 bits per heavy atom. The molecule has 2 aromatic carbocycles. The Bertz CT molecular complexity index is 519. The van der Waals surface area contributed by atoms with E-state index in [0.717, 1.165) is 0 Å². The number of hydrogen-bond donors (Lipinski definition) is 1. The number of aryl methyl sites for hydroxylation is 1. The molecule has 0 bridgehead atoms. The van der Waals surface area contributed by atoms with Crippen LogP contribution in [0.25, 0.3) is 0 Å². The molecule has 20 heavy (non-hydrogen) atoms. The minimum absolute atomic E-state index is 0.0579. The maximum Gasteiger partial charge on any atom is 0.0421 e. The predicted octanol–water partition coefficient (Wildman–Crippen LogP) is 4.81. The number of nitrogens with two attached hydrogens (primary N) is 1. The zero-order valence-corrected chi connectivity index (χ0v) is 13.2. The van der Waals surface area contributed by atoms with Gasteiger partial charge in [0.25, 0.3) is 0 Å². The highest BCUT2D eigenvalue weighted by Gasteiger charge is 2.23. The minimum atomic E-state index is 0.0579. The van der Waals surface area contributed by atoms with Gasteiger partial charge in [-0.05, 0) is 30.5 Å². The van der Waals surface area contributed by atoms with Gasteiger partial charge in [-0.25, -0.2) is 0 Å². The first-order chi connectivity index (χ1) is 9.58. The molecule has 2 atom stereocenters. The molecule has 0 amide bonds. The Balaban J connectivity index is 2.17. The maximum atomic E-state index is 6.50. The number of benzene rings is 2. The van der Waals surface area contributed by atoms with Crippen LogP contribution in [-0.2, 0) is 0 Å². The molecule has 0 aromatic heterocycles. The van der Waals surface area contributed by atoms with Crippen molar-refractivity contribution in [2.24, 2.45) is 11.7 Å². The molecule has 2 unspecified atom stereocenters. The molecule has 0 heterocycles. The van der Waals surface area contributed by atoms with Crippen LogP contribution in [0.15, 0.2) is 59.5 Å². The first-order valence-corrected chi connectivity index (χ1v) is 7.99. The molecule has 2 N–H and O–H groups in total. The van der Waals surface area contributed by atoms with E-state index < -0.39 is 0 Å². The summed E-state index contributed by atoms with van der Waals surface area (Å²) < 4.78 is 0. The molecule has 0 radical (unpaired) electrons. The minimum Gasteiger partial charge on any atom is -0.323 e. The first kappa shape index (κ1) is 15.1. The van der Waals surface area contributed by atoms with Crippen molar-refractivity contribution in [1.82, 2.24) is 0 Å². The summed E-state index contributed by atoms with van der Waals surface area (Å²) in [7, 11) is 0. The standard InChI is InChI=1S/C18H23NS/c1-13(2)18(17(19)15-7-5-4-6-8-15)20-16-11-9-14(3)10-12-16/h4-13,17-18H,19H2,1-3H3. The van der Waals surface area contributed by atoms with Gasteiger partial charge in [0, 0.05) is 16.2 Å². The lowest BCUT2D eigenvalue weighted by molar-refractivity contribution is 0.527. The molecule has 106 valence electrons. The quantitative estimate of drug-likeness (QED) is 0.798. The van der Waals surface area contributed by atoms with Gasteiger partial charge in [0.15, 0.2) is 0 Å². The number of thioether (sulfide) groups is 1. The molecular formula is C18H23NS. The molecule has 2 heteroatoms. The second-order valence-corrected chi connectivity index (χ2v) is 6.83. The average Bonchev–Trinajstić information content (AvgIpc) is 2.46. The molecule has 2 rings (SSSR count). The summed E-state index contributed by atoms with van der Waals surface area (Å²) in [6.45, 7) is 6.60. The summed E-state index contributed by atoms with van der Waals surface area (Å²) >= 11 is 1.88. The van der Waals surface area contributed by atoms with E-state index >= 15 is 0 Å². The van der Waals surface area contributed by atoms with Gasteiger partial charge in [0.1, 0.15) is 0 Å². The normalized spacial score (nSPS) is 14.2. The van der Waals surface area contributed by atoms with E-state index in [1.807, 2.05) is 17.8 Å². The molecule has 0 aliphatic heterocycles. The number of hydrogen-bond acceptors (Lipinski definition) is 2. The molecular weight excluding hydrogens is 262 g/mol. The third-order valence-electron chi connectivity index (χ3n) is 3.49. The number of rotatable bonds is 5. The van der Waals surface area contributed by atoms with Gasteiger partial charge in [-0.3, -0.25) is 0 Å². The van der Waals surface area contributed by atoms with E-state index in [0.29, 0.717) is 11.2 Å². The lowest BCUT2D eigenvalue weighted by Crippen LogP contribution is -2.28. The van der Waals surface area contributed by atoms with Crippen molar-refractivity contribution in [2.75, 3.05) is 0 Å². The molecule has 0 aliphatic carbocycles. The smallest absolute Gasteiger partial charge is 0.0421 e. The van der Waals surface area contributed by atoms with E-state index in [2.05, 4.69) is 69.3 Å². The molecule has 0 saturated heterocycles. The molecule has 2 aromatic rings. The molecule has 0 spiro atoms. The largest absolute Gasteiger partial charge is 0.323 e. The fourth-order valence-corrected chi connectivity index (χ4v) is 3.45. The van der Waals surface area contributed by atoms with Gasteiger partial charge in [0.2, 0.25) is 0 Å². The van der Waals surface area contributed by atoms with Crippen molar-refractivity contribution in [1.29, 1.82) is 0 Å². The van der Waals surface area contributed by atoms with Gasteiger partial charge in [-0.2, -0.15) is 0 Å². The van der Waals surface area contributed by atoms with E-state index in [4.69, 9.17) is 5.73 Å². The summed E-state index contributed by atoms with van der Waals surface area (Å²) in [6.07, 6.45) is 0. The van der Waals surface area contributed by atoms with Crippen LogP contribution < -0.4 is 5.73 Å². The van der Waals surface area contributed by atoms with E-state index in [1.165, 1.54) is 16.0 Å². The third-order valence-corrected chi connectivity index (χ3v) is 5.14. The Labute approximate surface area is 126 Å². The predicted molar refractivity (Wildman–Crippen MR) is 89.0 cm³/mol. The lowest BCUT2D eigenvalue weighted by atomic mass is 9.97. The van der Waals surface area contributed by atoms with Crippen LogP contribution >= 0.6 is 11.8 Å². The van der Waals surface area contributed by atoms with Crippen molar-refractivity contribution in [3.8, 4) is 0 Å². The van der Waals surface area contributed by atoms with Crippen LogP contribution in [0.4, 0.5) is 0 Å². The van der Waals surface area contributed by atoms with Gasteiger partial charge < -0.3 is 5.73 Å². The van der Waals surface area contributed by atoms with Crippen molar-refractivity contribution >= 4 is 11.8 Å². The Kier molecular flexibility index (Phi) is 5.27. The summed E-state index contributed by atoms with van der Waals surface area (Å²) in [6, 6.07) is 19.1. The third kappa shape index (κ3) is 3.87. The van der Waals surface area contributed by atoms with Crippen LogP contribution in [0, 0.1) is 12.8 Å². The van der Waals surface area contributed by atoms with Crippen molar-refractivity contribution in [2.45, 2.75) is 37.0 Å². The SMILES string of the molecule is Cc1ccc(SC(C(C)C)C(N)c2ccccc2)cc1. The maximum absolute atomic E-state index is 6.50. The zero-order valence-electron chi connectivity index (χ0n) is 12.4. The second-order valence-electron chi connectivity index (χ2n) is 5.58. The molecule has 0 aliphatic rings. The molecule has 0 fully saturated rings. The Morgan fingerprint density at radius 3 is 2.05 bits per heavy atom. The summed E-state index contributed by atoms with van der Waals surface area (Å²) in [5.41, 5.74) is 9.01. The van der Waals surface area contributed by atoms with Crippen LogP contribution in [0.2, 0.25) is 0 Å². The highest BCUT2D eigenvalue weighted by atomic mass is 32.2. The highest BCUT2D eigenvalue weighted by Crippen LogP contribution is 2.35. The fraction of sp³-hybridized carbons (Fsp3) is 0.333. The molecule has 0 saturated carbocycles. The summed E-state index contributed by atoms with van der Waals surface area (Å²) in [5, 5.41) is 0.375. The topological polar surface area (TPSA) is 26.0 Å². The van der Waals surface area contributed by atoms with Gasteiger partial charge in [-0.15, -0.1) is 11.8 Å². The van der Waals surface area contributed by atoms with E-state index in [1.54, 1.807) is 0 Å². The van der Waals surface area contributed by atoms with Crippen molar-refractivity contribution in [3.05, 3.63) is 65.7 Å².